The molecule has 0 fully saturated rings. The summed E-state index contributed by atoms with van der Waals surface area (Å²) in [5.74, 6) is 0. The highest BCUT2D eigenvalue weighted by Gasteiger charge is 1.77. The minimum Gasteiger partial charge on any atom is -0.0871 e. The molecular formula is C9H10. The molecule has 1 aromatic rings. The Kier molecular flexibility index (Phi) is 1.64. The summed E-state index contributed by atoms with van der Waals surface area (Å²) < 4.78 is 7.18. The second-order valence-electron chi connectivity index (χ2n) is 1.84. The highest BCUT2D eigenvalue weighted by atomic mass is 13.8. The molecule has 0 aliphatic carbocycles. The average molecular weight is 119 g/mol. The van der Waals surface area contributed by atoms with Gasteiger partial charge in [-0.15, -0.1) is 0 Å². The van der Waals surface area contributed by atoms with E-state index in [1.54, 1.807) is 6.92 Å². The molecule has 0 aliphatic rings. The lowest BCUT2D eigenvalue weighted by molar-refractivity contribution is 1.64. The van der Waals surface area contributed by atoms with Gasteiger partial charge < -0.3 is 0 Å². The van der Waals surface area contributed by atoms with Gasteiger partial charge in [-0.3, -0.25) is 0 Å². The zero-order chi connectivity index (χ0) is 7.40. The molecule has 1 rings (SSSR count). The molecule has 0 bridgehead atoms. The van der Waals surface area contributed by atoms with Gasteiger partial charge in [0.15, 0.2) is 0 Å². The van der Waals surface area contributed by atoms with Crippen molar-refractivity contribution >= 4 is 6.08 Å². The Balaban J connectivity index is 2.87. The van der Waals surface area contributed by atoms with Crippen LogP contribution in [0.5, 0.6) is 0 Å². The lowest BCUT2D eigenvalue weighted by Crippen LogP contribution is -1.65. The molecule has 0 heteroatoms. The number of hydrogen-bond donors (Lipinski definition) is 0. The summed E-state index contributed by atoms with van der Waals surface area (Å²) in [6, 6.07) is 10.5. The van der Waals surface area contributed by atoms with E-state index in [-0.39, 0.29) is 0 Å². The summed E-state index contributed by atoms with van der Waals surface area (Å²) in [5.41, 5.74) is 1.09. The van der Waals surface area contributed by atoms with Crippen molar-refractivity contribution < 1.29 is 1.37 Å². The van der Waals surface area contributed by atoms with Crippen molar-refractivity contribution in [1.82, 2.24) is 0 Å². The second kappa shape index (κ2) is 3.08. The van der Waals surface area contributed by atoms with Crippen molar-refractivity contribution in [3.63, 3.8) is 0 Å². The van der Waals surface area contributed by atoms with Crippen LogP contribution in [-0.4, -0.2) is 0 Å². The van der Waals surface area contributed by atoms with Gasteiger partial charge in [-0.1, -0.05) is 42.5 Å². The molecule has 0 N–H and O–H groups in total. The standard InChI is InChI=1S/C9H10/c1-2-6-9-7-4-3-5-8-9/h2-8H,1H3/b6-2+/i2D. The lowest BCUT2D eigenvalue weighted by atomic mass is 10.2. The fourth-order valence-corrected chi connectivity index (χ4v) is 0.716. The molecule has 0 atom stereocenters. The van der Waals surface area contributed by atoms with E-state index >= 15 is 0 Å². The summed E-state index contributed by atoms with van der Waals surface area (Å²) in [5, 5.41) is 0. The first-order chi connectivity index (χ1) is 4.79. The third-order valence-corrected chi connectivity index (χ3v) is 1.11. The van der Waals surface area contributed by atoms with Crippen LogP contribution in [0.15, 0.2) is 36.4 Å². The van der Waals surface area contributed by atoms with Crippen LogP contribution in [0.1, 0.15) is 13.9 Å². The van der Waals surface area contributed by atoms with E-state index in [0.717, 1.165) is 5.56 Å². The molecule has 0 saturated carbocycles. The van der Waals surface area contributed by atoms with Crippen LogP contribution in [0, 0.1) is 0 Å². The lowest BCUT2D eigenvalue weighted by Gasteiger charge is -1.86. The van der Waals surface area contributed by atoms with Gasteiger partial charge in [0.1, 0.15) is 0 Å². The topological polar surface area (TPSA) is 0 Å². The Bertz CT molecular complexity index is 220. The first-order valence-electron chi connectivity index (χ1n) is 3.49. The molecule has 0 unspecified atom stereocenters. The third-order valence-electron chi connectivity index (χ3n) is 1.11. The van der Waals surface area contributed by atoms with E-state index in [4.69, 9.17) is 1.37 Å². The van der Waals surface area contributed by atoms with Gasteiger partial charge in [-0.25, -0.2) is 0 Å². The Labute approximate surface area is 57.2 Å². The number of rotatable bonds is 1. The SMILES string of the molecule is [2H]/C(C)=C\c1ccccc1. The Hall–Kier alpha value is -1.04. The summed E-state index contributed by atoms with van der Waals surface area (Å²) in [4.78, 5) is 0. The minimum absolute atomic E-state index is 0.589. The summed E-state index contributed by atoms with van der Waals surface area (Å²) in [6.07, 6.45) is 1.83. The van der Waals surface area contributed by atoms with Crippen LogP contribution in [0.3, 0.4) is 0 Å². The number of hydrogen-bond acceptors (Lipinski definition) is 0. The molecule has 0 nitrogen and oxygen atoms in total. The average Bonchev–Trinajstić information content (AvgIpc) is 1.88. The van der Waals surface area contributed by atoms with Crippen LogP contribution in [0.2, 0.25) is 0 Å². The smallest absolute Gasteiger partial charge is 0.0573 e. The van der Waals surface area contributed by atoms with E-state index < -0.39 is 0 Å². The molecule has 1 aromatic carbocycles. The summed E-state index contributed by atoms with van der Waals surface area (Å²) in [6.45, 7) is 1.77. The normalized spacial score (nSPS) is 13.0. The molecule has 9 heavy (non-hydrogen) atoms. The first-order valence-corrected chi connectivity index (χ1v) is 2.99. The van der Waals surface area contributed by atoms with Gasteiger partial charge in [0.05, 0.1) is 1.37 Å². The van der Waals surface area contributed by atoms with Crippen molar-refractivity contribution in [2.75, 3.05) is 0 Å². The molecule has 0 aliphatic heterocycles. The van der Waals surface area contributed by atoms with Gasteiger partial charge in [-0.05, 0) is 12.5 Å². The zero-order valence-electron chi connectivity index (χ0n) is 6.46. The van der Waals surface area contributed by atoms with Gasteiger partial charge in [-0.2, -0.15) is 0 Å². The Morgan fingerprint density at radius 2 is 2.00 bits per heavy atom. The predicted molar refractivity (Wildman–Crippen MR) is 41.2 cm³/mol. The maximum absolute atomic E-state index is 7.18. The van der Waals surface area contributed by atoms with E-state index in [0.29, 0.717) is 6.05 Å². The largest absolute Gasteiger partial charge is 0.0871 e. The number of allylic oxidation sites excluding steroid dienone is 1. The quantitative estimate of drug-likeness (QED) is 0.533. The Morgan fingerprint density at radius 3 is 2.56 bits per heavy atom. The van der Waals surface area contributed by atoms with Crippen molar-refractivity contribution in [2.45, 2.75) is 6.92 Å². The fourth-order valence-electron chi connectivity index (χ4n) is 0.716. The molecule has 0 spiro atoms. The Morgan fingerprint density at radius 1 is 1.33 bits per heavy atom. The maximum Gasteiger partial charge on any atom is 0.0573 e. The highest BCUT2D eigenvalue weighted by Crippen LogP contribution is 1.99. The molecule has 0 aromatic heterocycles. The van der Waals surface area contributed by atoms with Gasteiger partial charge >= 0.3 is 0 Å². The van der Waals surface area contributed by atoms with Crippen LogP contribution >= 0.6 is 0 Å². The van der Waals surface area contributed by atoms with Crippen LogP contribution in [0.4, 0.5) is 0 Å². The molecular weight excluding hydrogens is 108 g/mol. The second-order valence-corrected chi connectivity index (χ2v) is 1.84. The van der Waals surface area contributed by atoms with E-state index in [1.807, 2.05) is 36.4 Å². The van der Waals surface area contributed by atoms with E-state index in [9.17, 15) is 0 Å². The maximum atomic E-state index is 7.18. The molecule has 0 heterocycles. The highest BCUT2D eigenvalue weighted by molar-refractivity contribution is 5.47. The minimum atomic E-state index is 0.589. The van der Waals surface area contributed by atoms with E-state index in [1.165, 1.54) is 0 Å². The van der Waals surface area contributed by atoms with Gasteiger partial charge in [0.25, 0.3) is 0 Å². The van der Waals surface area contributed by atoms with Gasteiger partial charge in [0.2, 0.25) is 0 Å². The van der Waals surface area contributed by atoms with Gasteiger partial charge in [0, 0.05) is 0 Å². The molecule has 0 radical (unpaired) electrons. The van der Waals surface area contributed by atoms with Crippen molar-refractivity contribution in [1.29, 1.82) is 0 Å². The number of benzene rings is 1. The van der Waals surface area contributed by atoms with Crippen LogP contribution in [0.25, 0.3) is 6.08 Å². The summed E-state index contributed by atoms with van der Waals surface area (Å²) >= 11 is 0. The van der Waals surface area contributed by atoms with Crippen molar-refractivity contribution in [2.24, 2.45) is 0 Å². The summed E-state index contributed by atoms with van der Waals surface area (Å²) in [7, 11) is 0. The van der Waals surface area contributed by atoms with Crippen LogP contribution in [-0.2, 0) is 0 Å². The first kappa shape index (κ1) is 4.80. The molecule has 0 saturated heterocycles. The van der Waals surface area contributed by atoms with Crippen molar-refractivity contribution in [3.8, 4) is 0 Å². The van der Waals surface area contributed by atoms with Crippen LogP contribution < -0.4 is 0 Å². The predicted octanol–water partition coefficient (Wildman–Crippen LogP) is 2.72. The fraction of sp³-hybridized carbons (Fsp3) is 0.111. The monoisotopic (exact) mass is 119 g/mol. The van der Waals surface area contributed by atoms with E-state index in [2.05, 4.69) is 0 Å². The molecule has 0 amide bonds. The van der Waals surface area contributed by atoms with Crippen molar-refractivity contribution in [3.05, 3.63) is 41.9 Å². The third kappa shape index (κ3) is 1.73. The molecule has 46 valence electrons. The zero-order valence-corrected chi connectivity index (χ0v) is 5.46.